The van der Waals surface area contributed by atoms with Crippen LogP contribution in [0.25, 0.3) is 5.82 Å². The largest absolute Gasteiger partial charge is 0.417 e. The van der Waals surface area contributed by atoms with Gasteiger partial charge in [-0.25, -0.2) is 9.97 Å². The topological polar surface area (TPSA) is 76.5 Å². The summed E-state index contributed by atoms with van der Waals surface area (Å²) in [5.74, 6) is 0.918. The van der Waals surface area contributed by atoms with E-state index in [1.807, 2.05) is 22.9 Å². The van der Waals surface area contributed by atoms with Gasteiger partial charge in [-0.15, -0.1) is 0 Å². The molecule has 1 aromatic carbocycles. The average Bonchev–Trinajstić information content (AvgIpc) is 3.21. The molecule has 3 heterocycles. The minimum Gasteiger partial charge on any atom is -0.330 e. The van der Waals surface area contributed by atoms with Crippen LogP contribution in [0.15, 0.2) is 78.1 Å². The fourth-order valence-electron chi connectivity index (χ4n) is 3.21. The minimum atomic E-state index is -4.55. The van der Waals surface area contributed by atoms with Crippen molar-refractivity contribution in [3.8, 4) is 11.9 Å². The normalized spacial score (nSPS) is 11.3. The zero-order chi connectivity index (χ0) is 22.7. The third-order valence-corrected chi connectivity index (χ3v) is 4.89. The van der Waals surface area contributed by atoms with Gasteiger partial charge in [-0.2, -0.15) is 18.4 Å². The van der Waals surface area contributed by atoms with E-state index in [0.29, 0.717) is 18.5 Å². The van der Waals surface area contributed by atoms with Crippen molar-refractivity contribution in [3.63, 3.8) is 0 Å². The first-order valence-corrected chi connectivity index (χ1v) is 9.58. The molecule has 0 amide bonds. The van der Waals surface area contributed by atoms with E-state index >= 15 is 0 Å². The van der Waals surface area contributed by atoms with Gasteiger partial charge in [0.15, 0.2) is 0 Å². The number of hydrogen-bond donors (Lipinski definition) is 0. The molecule has 32 heavy (non-hydrogen) atoms. The van der Waals surface area contributed by atoms with Crippen molar-refractivity contribution >= 4 is 0 Å². The Labute approximate surface area is 180 Å². The highest BCUT2D eigenvalue weighted by Gasteiger charge is 2.31. The van der Waals surface area contributed by atoms with Gasteiger partial charge in [0.25, 0.3) is 5.56 Å². The Morgan fingerprint density at radius 2 is 1.72 bits per heavy atom. The van der Waals surface area contributed by atoms with E-state index in [-0.39, 0.29) is 5.82 Å². The molecule has 4 aromatic rings. The molecule has 0 saturated heterocycles. The maximum Gasteiger partial charge on any atom is 0.417 e. The van der Waals surface area contributed by atoms with Crippen LogP contribution in [0.3, 0.4) is 0 Å². The van der Waals surface area contributed by atoms with Gasteiger partial charge in [0.1, 0.15) is 11.6 Å². The van der Waals surface area contributed by atoms with Crippen molar-refractivity contribution in [1.29, 1.82) is 5.26 Å². The van der Waals surface area contributed by atoms with Gasteiger partial charge in [0, 0.05) is 37.3 Å². The van der Waals surface area contributed by atoms with E-state index in [2.05, 4.69) is 16.0 Å². The Kier molecular flexibility index (Phi) is 5.60. The minimum absolute atomic E-state index is 0.105. The van der Waals surface area contributed by atoms with Crippen LogP contribution in [-0.2, 0) is 19.1 Å². The number of benzene rings is 1. The molecule has 0 bridgehead atoms. The molecule has 0 fully saturated rings. The molecular formula is C23H16F3N5O. The lowest BCUT2D eigenvalue weighted by Gasteiger charge is -2.11. The van der Waals surface area contributed by atoms with Crippen LogP contribution in [0, 0.1) is 11.3 Å². The SMILES string of the molecule is N#Cc1ccc(Cc2nccn2Cc2ccc(-n3cc(C(F)(F)F)ccc3=O)nc2)cc1. The molecule has 9 heteroatoms. The molecule has 0 aliphatic heterocycles. The third kappa shape index (κ3) is 4.59. The van der Waals surface area contributed by atoms with Crippen LogP contribution in [0.5, 0.6) is 0 Å². The maximum absolute atomic E-state index is 13.0. The van der Waals surface area contributed by atoms with Crippen LogP contribution >= 0.6 is 0 Å². The number of hydrogen-bond acceptors (Lipinski definition) is 4. The number of halogens is 3. The van der Waals surface area contributed by atoms with Crippen molar-refractivity contribution in [2.24, 2.45) is 0 Å². The van der Waals surface area contributed by atoms with Crippen molar-refractivity contribution < 1.29 is 13.2 Å². The third-order valence-electron chi connectivity index (χ3n) is 4.89. The molecule has 3 aromatic heterocycles. The summed E-state index contributed by atoms with van der Waals surface area (Å²) in [6.07, 6.45) is 1.79. The Morgan fingerprint density at radius 1 is 0.969 bits per heavy atom. The zero-order valence-electron chi connectivity index (χ0n) is 16.6. The molecule has 4 rings (SSSR count). The first-order valence-electron chi connectivity index (χ1n) is 9.58. The number of imidazole rings is 1. The molecule has 0 aliphatic carbocycles. The van der Waals surface area contributed by atoms with Crippen LogP contribution < -0.4 is 5.56 Å². The Morgan fingerprint density at radius 3 is 2.38 bits per heavy atom. The monoisotopic (exact) mass is 435 g/mol. The molecule has 0 spiro atoms. The summed E-state index contributed by atoms with van der Waals surface area (Å²) in [5.41, 5.74) is 0.872. The van der Waals surface area contributed by atoms with Gasteiger partial charge in [0.2, 0.25) is 0 Å². The number of aromatic nitrogens is 4. The fraction of sp³-hybridized carbons (Fsp3) is 0.130. The van der Waals surface area contributed by atoms with Gasteiger partial charge in [-0.05, 0) is 35.4 Å². The molecule has 0 N–H and O–H groups in total. The van der Waals surface area contributed by atoms with Gasteiger partial charge in [-0.1, -0.05) is 18.2 Å². The molecule has 0 unspecified atom stereocenters. The van der Waals surface area contributed by atoms with Gasteiger partial charge < -0.3 is 4.57 Å². The summed E-state index contributed by atoms with van der Waals surface area (Å²) >= 11 is 0. The molecule has 6 nitrogen and oxygen atoms in total. The van der Waals surface area contributed by atoms with Crippen molar-refractivity contribution in [1.82, 2.24) is 19.1 Å². The Bertz CT molecular complexity index is 1330. The second kappa shape index (κ2) is 8.51. The lowest BCUT2D eigenvalue weighted by Crippen LogP contribution is -2.20. The second-order valence-corrected chi connectivity index (χ2v) is 7.11. The lowest BCUT2D eigenvalue weighted by molar-refractivity contribution is -0.138. The van der Waals surface area contributed by atoms with Crippen LogP contribution in [0.4, 0.5) is 13.2 Å². The highest BCUT2D eigenvalue weighted by atomic mass is 19.4. The zero-order valence-corrected chi connectivity index (χ0v) is 16.6. The number of pyridine rings is 2. The molecule has 0 atom stereocenters. The van der Waals surface area contributed by atoms with Gasteiger partial charge >= 0.3 is 6.18 Å². The Hall–Kier alpha value is -4.19. The summed E-state index contributed by atoms with van der Waals surface area (Å²) in [6, 6.07) is 14.2. The molecular weight excluding hydrogens is 419 g/mol. The van der Waals surface area contributed by atoms with E-state index in [9.17, 15) is 18.0 Å². The molecule has 160 valence electrons. The second-order valence-electron chi connectivity index (χ2n) is 7.11. The summed E-state index contributed by atoms with van der Waals surface area (Å²) in [4.78, 5) is 20.6. The predicted molar refractivity (Wildman–Crippen MR) is 110 cm³/mol. The van der Waals surface area contributed by atoms with Gasteiger partial charge in [0.05, 0.1) is 23.7 Å². The summed E-state index contributed by atoms with van der Waals surface area (Å²) in [5, 5.41) is 8.91. The smallest absolute Gasteiger partial charge is 0.330 e. The van der Waals surface area contributed by atoms with Crippen LogP contribution in [0.2, 0.25) is 0 Å². The fourth-order valence-corrected chi connectivity index (χ4v) is 3.21. The molecule has 0 saturated carbocycles. The van der Waals surface area contributed by atoms with Crippen LogP contribution in [0.1, 0.15) is 28.1 Å². The standard InChI is InChI=1S/C23H16F3N5O/c24-23(25,26)19-6-8-22(32)31(15-19)20-7-5-18(13-29-20)14-30-10-9-28-21(30)11-16-1-3-17(12-27)4-2-16/h1-10,13,15H,11,14H2. The first kappa shape index (κ1) is 21.1. The number of nitriles is 1. The van der Waals surface area contributed by atoms with E-state index < -0.39 is 17.3 Å². The lowest BCUT2D eigenvalue weighted by atomic mass is 10.1. The van der Waals surface area contributed by atoms with E-state index in [4.69, 9.17) is 5.26 Å². The first-order chi connectivity index (χ1) is 15.3. The van der Waals surface area contributed by atoms with E-state index in [1.165, 1.54) is 12.3 Å². The van der Waals surface area contributed by atoms with Crippen molar-refractivity contribution in [3.05, 3.63) is 112 Å². The molecule has 0 aliphatic rings. The van der Waals surface area contributed by atoms with Crippen molar-refractivity contribution in [2.75, 3.05) is 0 Å². The van der Waals surface area contributed by atoms with Crippen LogP contribution in [-0.4, -0.2) is 19.1 Å². The number of rotatable bonds is 5. The number of alkyl halides is 3. The van der Waals surface area contributed by atoms with E-state index in [0.717, 1.165) is 39.8 Å². The summed E-state index contributed by atoms with van der Waals surface area (Å²) < 4.78 is 41.7. The predicted octanol–water partition coefficient (Wildman–Crippen LogP) is 3.96. The quantitative estimate of drug-likeness (QED) is 0.476. The maximum atomic E-state index is 13.0. The highest BCUT2D eigenvalue weighted by Crippen LogP contribution is 2.28. The van der Waals surface area contributed by atoms with Gasteiger partial charge in [-0.3, -0.25) is 9.36 Å². The van der Waals surface area contributed by atoms with E-state index in [1.54, 1.807) is 24.4 Å². The average molecular weight is 435 g/mol. The molecule has 0 radical (unpaired) electrons. The summed E-state index contributed by atoms with van der Waals surface area (Å²) in [7, 11) is 0. The Balaban J connectivity index is 1.53. The summed E-state index contributed by atoms with van der Waals surface area (Å²) in [6.45, 7) is 0.455. The highest BCUT2D eigenvalue weighted by molar-refractivity contribution is 5.33. The van der Waals surface area contributed by atoms with Crippen molar-refractivity contribution in [2.45, 2.75) is 19.1 Å². The number of nitrogens with zero attached hydrogens (tertiary/aromatic N) is 5.